The van der Waals surface area contributed by atoms with Crippen LogP contribution in [-0.4, -0.2) is 49.9 Å². The monoisotopic (exact) mass is 418 g/mol. The van der Waals surface area contributed by atoms with E-state index < -0.39 is 36.8 Å². The highest BCUT2D eigenvalue weighted by molar-refractivity contribution is 5.00. The van der Waals surface area contributed by atoms with Gasteiger partial charge in [-0.2, -0.15) is 39.5 Å². The molecule has 0 aromatic rings. The Hall–Kier alpha value is -0.710. The van der Waals surface area contributed by atoms with Gasteiger partial charge in [0.15, 0.2) is 0 Å². The lowest BCUT2D eigenvalue weighted by molar-refractivity contribution is -0.396. The second kappa shape index (κ2) is 9.67. The minimum absolute atomic E-state index is 0.0663. The first-order valence-electron chi connectivity index (χ1n) is 8.72. The number of hydrogen-bond acceptors (Lipinski definition) is 2. The fraction of sp³-hybridized carbons (Fsp3) is 1.00. The Morgan fingerprint density at radius 1 is 0.778 bits per heavy atom. The van der Waals surface area contributed by atoms with Gasteiger partial charge in [0.1, 0.15) is 0 Å². The molecule has 162 valence electrons. The molecule has 2 nitrogen and oxygen atoms in total. The minimum atomic E-state index is -6.81. The molecule has 1 unspecified atom stereocenters. The van der Waals surface area contributed by atoms with Crippen molar-refractivity contribution in [1.29, 1.82) is 0 Å². The van der Waals surface area contributed by atoms with Gasteiger partial charge in [0.05, 0.1) is 6.10 Å². The van der Waals surface area contributed by atoms with Crippen molar-refractivity contribution < 1.29 is 49.0 Å². The molecule has 1 heterocycles. The molecule has 0 spiro atoms. The van der Waals surface area contributed by atoms with Crippen LogP contribution in [0.2, 0.25) is 0 Å². The van der Waals surface area contributed by atoms with Gasteiger partial charge in [-0.05, 0) is 38.5 Å². The molecule has 0 N–H and O–H groups in total. The van der Waals surface area contributed by atoms with E-state index in [2.05, 4.69) is 0 Å². The standard InChI is InChI=1S/C16H23F9O2/c17-13(18,14(19,20)15(21,22)16(23,24)25)8-3-1-4-9-26-11-7-12-6-2-5-10-27-12/h12H,1-11H2. The predicted octanol–water partition coefficient (Wildman–Crippen LogP) is 5.99. The maximum absolute atomic E-state index is 13.3. The van der Waals surface area contributed by atoms with Crippen molar-refractivity contribution in [3.05, 3.63) is 0 Å². The number of halogens is 9. The second-order valence-corrected chi connectivity index (χ2v) is 6.55. The third-order valence-electron chi connectivity index (χ3n) is 4.35. The van der Waals surface area contributed by atoms with Gasteiger partial charge in [0.2, 0.25) is 0 Å². The second-order valence-electron chi connectivity index (χ2n) is 6.55. The average Bonchev–Trinajstić information content (AvgIpc) is 2.56. The molecule has 0 radical (unpaired) electrons. The Morgan fingerprint density at radius 2 is 1.44 bits per heavy atom. The molecule has 0 saturated carbocycles. The van der Waals surface area contributed by atoms with Gasteiger partial charge >= 0.3 is 23.9 Å². The largest absolute Gasteiger partial charge is 0.460 e. The van der Waals surface area contributed by atoms with Crippen molar-refractivity contribution in [1.82, 2.24) is 0 Å². The lowest BCUT2D eigenvalue weighted by atomic mass is 9.98. The molecule has 11 heteroatoms. The summed E-state index contributed by atoms with van der Waals surface area (Å²) in [6.45, 7) is 1.21. The van der Waals surface area contributed by atoms with Crippen molar-refractivity contribution in [2.45, 2.75) is 81.4 Å². The minimum Gasteiger partial charge on any atom is -0.381 e. The van der Waals surface area contributed by atoms with E-state index in [4.69, 9.17) is 9.47 Å². The smallest absolute Gasteiger partial charge is 0.381 e. The zero-order valence-electron chi connectivity index (χ0n) is 14.6. The summed E-state index contributed by atoms with van der Waals surface area (Å²) < 4.78 is 125. The summed E-state index contributed by atoms with van der Waals surface area (Å²) in [5.41, 5.74) is 0. The van der Waals surface area contributed by atoms with E-state index in [0.717, 1.165) is 19.3 Å². The van der Waals surface area contributed by atoms with Gasteiger partial charge in [-0.25, -0.2) is 0 Å². The average molecular weight is 418 g/mol. The first kappa shape index (κ1) is 24.3. The Balaban J connectivity index is 2.25. The highest BCUT2D eigenvalue weighted by Gasteiger charge is 2.81. The summed E-state index contributed by atoms with van der Waals surface area (Å²) in [5.74, 6) is -18.8. The quantitative estimate of drug-likeness (QED) is 0.303. The van der Waals surface area contributed by atoms with Crippen LogP contribution in [-0.2, 0) is 9.47 Å². The van der Waals surface area contributed by atoms with Crippen LogP contribution in [0, 0.1) is 0 Å². The van der Waals surface area contributed by atoms with Crippen LogP contribution in [0.1, 0.15) is 51.4 Å². The number of ether oxygens (including phenoxy) is 2. The van der Waals surface area contributed by atoms with E-state index >= 15 is 0 Å². The number of rotatable bonds is 11. The fourth-order valence-electron chi connectivity index (χ4n) is 2.64. The Labute approximate surface area is 151 Å². The van der Waals surface area contributed by atoms with Crippen LogP contribution in [0.4, 0.5) is 39.5 Å². The zero-order valence-corrected chi connectivity index (χ0v) is 14.6. The SMILES string of the molecule is FC(F)(F)C(F)(F)C(F)(F)C(F)(F)CCCCCOCCC1CCCCO1. The molecule has 0 aromatic heterocycles. The summed E-state index contributed by atoms with van der Waals surface area (Å²) in [5, 5.41) is 0. The van der Waals surface area contributed by atoms with Gasteiger partial charge in [0, 0.05) is 26.2 Å². The maximum atomic E-state index is 13.3. The summed E-state index contributed by atoms with van der Waals surface area (Å²) in [6, 6.07) is 0. The lowest BCUT2D eigenvalue weighted by Gasteiger charge is -2.33. The molecule has 1 rings (SSSR count). The zero-order chi connectivity index (χ0) is 20.8. The van der Waals surface area contributed by atoms with Crippen LogP contribution in [0.3, 0.4) is 0 Å². The number of alkyl halides is 9. The molecule has 1 fully saturated rings. The number of hydrogen-bond donors (Lipinski definition) is 0. The van der Waals surface area contributed by atoms with Crippen LogP contribution in [0.25, 0.3) is 0 Å². The molecule has 1 saturated heterocycles. The molecule has 1 aliphatic rings. The van der Waals surface area contributed by atoms with Gasteiger partial charge in [0.25, 0.3) is 0 Å². The molecule has 1 aliphatic heterocycles. The van der Waals surface area contributed by atoms with Crippen molar-refractivity contribution in [3.8, 4) is 0 Å². The van der Waals surface area contributed by atoms with Crippen LogP contribution in [0.15, 0.2) is 0 Å². The summed E-state index contributed by atoms with van der Waals surface area (Å²) >= 11 is 0. The van der Waals surface area contributed by atoms with Crippen molar-refractivity contribution in [2.24, 2.45) is 0 Å². The normalized spacial score (nSPS) is 20.1. The molecule has 0 aliphatic carbocycles. The molecule has 1 atom stereocenters. The van der Waals surface area contributed by atoms with Crippen molar-refractivity contribution in [2.75, 3.05) is 19.8 Å². The maximum Gasteiger partial charge on any atom is 0.460 e. The first-order chi connectivity index (χ1) is 12.3. The van der Waals surface area contributed by atoms with Gasteiger partial charge in [-0.3, -0.25) is 0 Å². The summed E-state index contributed by atoms with van der Waals surface area (Å²) in [6.07, 6.45) is -5.27. The Kier molecular flexibility index (Phi) is 8.71. The molecule has 0 bridgehead atoms. The highest BCUT2D eigenvalue weighted by atomic mass is 19.4. The summed E-state index contributed by atoms with van der Waals surface area (Å²) in [7, 11) is 0. The van der Waals surface area contributed by atoms with Crippen LogP contribution in [0.5, 0.6) is 0 Å². The topological polar surface area (TPSA) is 18.5 Å². The van der Waals surface area contributed by atoms with E-state index in [-0.39, 0.29) is 25.6 Å². The molecule has 0 aromatic carbocycles. The van der Waals surface area contributed by atoms with E-state index in [1.165, 1.54) is 0 Å². The van der Waals surface area contributed by atoms with Crippen LogP contribution < -0.4 is 0 Å². The van der Waals surface area contributed by atoms with Crippen molar-refractivity contribution >= 4 is 0 Å². The van der Waals surface area contributed by atoms with E-state index in [0.29, 0.717) is 19.6 Å². The fourth-order valence-corrected chi connectivity index (χ4v) is 2.64. The van der Waals surface area contributed by atoms with Gasteiger partial charge in [-0.15, -0.1) is 0 Å². The van der Waals surface area contributed by atoms with E-state index in [1.54, 1.807) is 0 Å². The number of unbranched alkanes of at least 4 members (excludes halogenated alkanes) is 2. The van der Waals surface area contributed by atoms with E-state index in [9.17, 15) is 39.5 Å². The molecule has 27 heavy (non-hydrogen) atoms. The molecule has 0 amide bonds. The molecular weight excluding hydrogens is 395 g/mol. The predicted molar refractivity (Wildman–Crippen MR) is 78.4 cm³/mol. The van der Waals surface area contributed by atoms with Crippen LogP contribution >= 0.6 is 0 Å². The highest BCUT2D eigenvalue weighted by Crippen LogP contribution is 2.54. The first-order valence-corrected chi connectivity index (χ1v) is 8.72. The van der Waals surface area contributed by atoms with Gasteiger partial charge < -0.3 is 9.47 Å². The Morgan fingerprint density at radius 3 is 2.00 bits per heavy atom. The molecular formula is C16H23F9O2. The third-order valence-corrected chi connectivity index (χ3v) is 4.35. The summed E-state index contributed by atoms with van der Waals surface area (Å²) in [4.78, 5) is 0. The van der Waals surface area contributed by atoms with Gasteiger partial charge in [-0.1, -0.05) is 6.42 Å². The third kappa shape index (κ3) is 6.40. The lowest BCUT2D eigenvalue weighted by Crippen LogP contribution is -2.60. The van der Waals surface area contributed by atoms with E-state index in [1.807, 2.05) is 0 Å². The Bertz CT molecular complexity index is 432. The van der Waals surface area contributed by atoms with Crippen molar-refractivity contribution in [3.63, 3.8) is 0 Å².